The molecule has 0 bridgehead atoms. The fraction of sp³-hybridized carbons (Fsp3) is 0.0952. The Morgan fingerprint density at radius 2 is 1.93 bits per heavy atom. The van der Waals surface area contributed by atoms with Gasteiger partial charge in [-0.05, 0) is 24.3 Å². The van der Waals surface area contributed by atoms with E-state index in [1.807, 2.05) is 41.1 Å². The SMILES string of the molecule is COCn1nc(-c2ccccc2C(=O)O)cc1-c1ccc(-n2ccnc2)cc1. The molecule has 0 aliphatic carbocycles. The van der Waals surface area contributed by atoms with Gasteiger partial charge in [-0.1, -0.05) is 30.3 Å². The molecule has 0 aliphatic heterocycles. The lowest BCUT2D eigenvalue weighted by atomic mass is 10.0. The molecule has 0 fully saturated rings. The first-order chi connectivity index (χ1) is 13.7. The molecule has 2 heterocycles. The molecule has 28 heavy (non-hydrogen) atoms. The summed E-state index contributed by atoms with van der Waals surface area (Å²) in [6.45, 7) is 0.258. The Labute approximate surface area is 161 Å². The quantitative estimate of drug-likeness (QED) is 0.556. The second kappa shape index (κ2) is 7.50. The zero-order valence-electron chi connectivity index (χ0n) is 15.2. The van der Waals surface area contributed by atoms with Crippen LogP contribution in [-0.2, 0) is 11.5 Å². The van der Waals surface area contributed by atoms with E-state index < -0.39 is 5.97 Å². The van der Waals surface area contributed by atoms with Gasteiger partial charge in [0.1, 0.15) is 6.73 Å². The van der Waals surface area contributed by atoms with Crippen LogP contribution in [0.15, 0.2) is 73.3 Å². The molecule has 140 valence electrons. The molecule has 0 amide bonds. The van der Waals surface area contributed by atoms with E-state index >= 15 is 0 Å². The first-order valence-electron chi connectivity index (χ1n) is 8.65. The zero-order chi connectivity index (χ0) is 19.5. The number of hydrogen-bond acceptors (Lipinski definition) is 4. The summed E-state index contributed by atoms with van der Waals surface area (Å²) in [5, 5.41) is 14.1. The summed E-state index contributed by atoms with van der Waals surface area (Å²) in [7, 11) is 1.60. The third-order valence-corrected chi connectivity index (χ3v) is 4.43. The predicted octanol–water partition coefficient (Wildman–Crippen LogP) is 3.70. The maximum atomic E-state index is 11.6. The average Bonchev–Trinajstić information content (AvgIpc) is 3.39. The van der Waals surface area contributed by atoms with Crippen molar-refractivity contribution in [3.8, 4) is 28.2 Å². The van der Waals surface area contributed by atoms with Crippen molar-refractivity contribution in [3.63, 3.8) is 0 Å². The van der Waals surface area contributed by atoms with Crippen LogP contribution in [0.4, 0.5) is 0 Å². The summed E-state index contributed by atoms with van der Waals surface area (Å²) in [5.74, 6) is -0.983. The highest BCUT2D eigenvalue weighted by atomic mass is 16.5. The third kappa shape index (κ3) is 3.30. The Balaban J connectivity index is 1.77. The summed E-state index contributed by atoms with van der Waals surface area (Å²) in [6, 6.07) is 16.7. The van der Waals surface area contributed by atoms with Crippen molar-refractivity contribution in [2.24, 2.45) is 0 Å². The number of benzene rings is 2. The van der Waals surface area contributed by atoms with Gasteiger partial charge in [0, 0.05) is 36.3 Å². The summed E-state index contributed by atoms with van der Waals surface area (Å²) >= 11 is 0. The van der Waals surface area contributed by atoms with E-state index in [0.717, 1.165) is 16.9 Å². The number of carboxylic acids is 1. The lowest BCUT2D eigenvalue weighted by Crippen LogP contribution is -2.04. The molecule has 2 aromatic heterocycles. The van der Waals surface area contributed by atoms with E-state index in [9.17, 15) is 9.90 Å². The number of methoxy groups -OCH3 is 1. The van der Waals surface area contributed by atoms with Gasteiger partial charge in [-0.2, -0.15) is 5.10 Å². The van der Waals surface area contributed by atoms with Gasteiger partial charge in [-0.3, -0.25) is 0 Å². The number of ether oxygens (including phenoxy) is 1. The van der Waals surface area contributed by atoms with Gasteiger partial charge in [0.15, 0.2) is 0 Å². The van der Waals surface area contributed by atoms with Crippen molar-refractivity contribution in [2.45, 2.75) is 6.73 Å². The van der Waals surface area contributed by atoms with Crippen molar-refractivity contribution in [1.82, 2.24) is 19.3 Å². The van der Waals surface area contributed by atoms with Crippen LogP contribution in [0.2, 0.25) is 0 Å². The van der Waals surface area contributed by atoms with Gasteiger partial charge < -0.3 is 14.4 Å². The van der Waals surface area contributed by atoms with Gasteiger partial charge in [0.25, 0.3) is 0 Å². The second-order valence-electron chi connectivity index (χ2n) is 6.20. The van der Waals surface area contributed by atoms with Crippen LogP contribution >= 0.6 is 0 Å². The van der Waals surface area contributed by atoms with E-state index in [1.54, 1.807) is 48.6 Å². The summed E-state index contributed by atoms with van der Waals surface area (Å²) < 4.78 is 8.92. The lowest BCUT2D eigenvalue weighted by molar-refractivity contribution is 0.0697. The van der Waals surface area contributed by atoms with Gasteiger partial charge in [-0.15, -0.1) is 0 Å². The van der Waals surface area contributed by atoms with Gasteiger partial charge in [-0.25, -0.2) is 14.5 Å². The minimum atomic E-state index is -0.983. The second-order valence-corrected chi connectivity index (χ2v) is 6.20. The number of nitrogens with zero attached hydrogens (tertiary/aromatic N) is 4. The first kappa shape index (κ1) is 17.7. The minimum absolute atomic E-state index is 0.214. The predicted molar refractivity (Wildman–Crippen MR) is 104 cm³/mol. The van der Waals surface area contributed by atoms with Crippen molar-refractivity contribution in [2.75, 3.05) is 7.11 Å². The van der Waals surface area contributed by atoms with Crippen LogP contribution in [0.25, 0.3) is 28.2 Å². The Morgan fingerprint density at radius 3 is 2.61 bits per heavy atom. The number of carboxylic acid groups (broad SMARTS) is 1. The molecule has 0 spiro atoms. The van der Waals surface area contributed by atoms with Crippen molar-refractivity contribution < 1.29 is 14.6 Å². The highest BCUT2D eigenvalue weighted by molar-refractivity contribution is 5.95. The molecule has 0 atom stereocenters. The highest BCUT2D eigenvalue weighted by Crippen LogP contribution is 2.29. The Hall–Kier alpha value is -3.71. The Morgan fingerprint density at radius 1 is 1.14 bits per heavy atom. The molecular formula is C21H18N4O3. The number of aromatic nitrogens is 4. The van der Waals surface area contributed by atoms with Crippen molar-refractivity contribution in [3.05, 3.63) is 78.9 Å². The smallest absolute Gasteiger partial charge is 0.336 e. The van der Waals surface area contributed by atoms with Crippen LogP contribution in [-0.4, -0.2) is 37.5 Å². The molecule has 0 unspecified atom stereocenters. The summed E-state index contributed by atoms with van der Waals surface area (Å²) in [4.78, 5) is 15.6. The molecule has 0 saturated heterocycles. The maximum Gasteiger partial charge on any atom is 0.336 e. The number of carbonyl (C=O) groups is 1. The van der Waals surface area contributed by atoms with Crippen LogP contribution in [0, 0.1) is 0 Å². The normalized spacial score (nSPS) is 10.9. The zero-order valence-corrected chi connectivity index (χ0v) is 15.2. The van der Waals surface area contributed by atoms with Crippen LogP contribution in [0.3, 0.4) is 0 Å². The monoisotopic (exact) mass is 374 g/mol. The number of imidazole rings is 1. The van der Waals surface area contributed by atoms with Gasteiger partial charge in [0.2, 0.25) is 0 Å². The minimum Gasteiger partial charge on any atom is -0.478 e. The summed E-state index contributed by atoms with van der Waals surface area (Å²) in [6.07, 6.45) is 5.35. The Kier molecular flexibility index (Phi) is 4.74. The maximum absolute atomic E-state index is 11.6. The Bertz CT molecular complexity index is 1100. The van der Waals surface area contributed by atoms with E-state index in [-0.39, 0.29) is 12.3 Å². The molecule has 1 N–H and O–H groups in total. The standard InChI is InChI=1S/C21H18N4O3/c1-28-14-25-20(15-6-8-16(9-7-15)24-11-10-22-13-24)12-19(23-25)17-4-2-3-5-18(17)21(26)27/h2-13H,14H2,1H3,(H,26,27). The van der Waals surface area contributed by atoms with E-state index in [1.165, 1.54) is 0 Å². The molecule has 0 saturated carbocycles. The molecule has 7 nitrogen and oxygen atoms in total. The van der Waals surface area contributed by atoms with E-state index in [2.05, 4.69) is 10.1 Å². The number of rotatable bonds is 6. The average molecular weight is 374 g/mol. The molecular weight excluding hydrogens is 356 g/mol. The van der Waals surface area contributed by atoms with Crippen LogP contribution in [0.1, 0.15) is 10.4 Å². The van der Waals surface area contributed by atoms with Crippen LogP contribution < -0.4 is 0 Å². The fourth-order valence-electron chi connectivity index (χ4n) is 3.11. The molecule has 0 aliphatic rings. The molecule has 7 heteroatoms. The van der Waals surface area contributed by atoms with Crippen LogP contribution in [0.5, 0.6) is 0 Å². The summed E-state index contributed by atoms with van der Waals surface area (Å²) in [5.41, 5.74) is 4.16. The van der Waals surface area contributed by atoms with E-state index in [4.69, 9.17) is 4.74 Å². The fourth-order valence-corrected chi connectivity index (χ4v) is 3.11. The van der Waals surface area contributed by atoms with Crippen molar-refractivity contribution in [1.29, 1.82) is 0 Å². The van der Waals surface area contributed by atoms with Gasteiger partial charge >= 0.3 is 5.97 Å². The molecule has 4 rings (SSSR count). The number of aromatic carboxylic acids is 1. The highest BCUT2D eigenvalue weighted by Gasteiger charge is 2.17. The first-order valence-corrected chi connectivity index (χ1v) is 8.65. The number of hydrogen-bond donors (Lipinski definition) is 1. The lowest BCUT2D eigenvalue weighted by Gasteiger charge is -2.07. The topological polar surface area (TPSA) is 82.2 Å². The molecule has 4 aromatic rings. The molecule has 0 radical (unpaired) electrons. The van der Waals surface area contributed by atoms with Gasteiger partial charge in [0.05, 0.1) is 23.3 Å². The van der Waals surface area contributed by atoms with Crippen molar-refractivity contribution >= 4 is 5.97 Å². The third-order valence-electron chi connectivity index (χ3n) is 4.43. The largest absolute Gasteiger partial charge is 0.478 e. The van der Waals surface area contributed by atoms with E-state index in [0.29, 0.717) is 11.3 Å². The molecule has 2 aromatic carbocycles.